The number of unbranched alkanes of at least 4 members (excludes halogenated alkanes) is 1. The maximum atomic E-state index is 10.2. The number of aliphatic hydroxyl groups excluding tert-OH is 1. The Hall–Kier alpha value is -1.06. The summed E-state index contributed by atoms with van der Waals surface area (Å²) in [4.78, 5) is 2.28. The molecular formula is C20H35NO2. The van der Waals surface area contributed by atoms with Gasteiger partial charge >= 0.3 is 0 Å². The van der Waals surface area contributed by atoms with Crippen molar-refractivity contribution in [3.8, 4) is 5.75 Å². The summed E-state index contributed by atoms with van der Waals surface area (Å²) in [6.07, 6.45) is 1.91. The van der Waals surface area contributed by atoms with Crippen LogP contribution in [0, 0.1) is 6.92 Å². The van der Waals surface area contributed by atoms with E-state index in [1.54, 1.807) is 0 Å². The Morgan fingerprint density at radius 2 is 1.91 bits per heavy atom. The molecule has 1 N–H and O–H groups in total. The van der Waals surface area contributed by atoms with Crippen molar-refractivity contribution in [1.29, 1.82) is 0 Å². The van der Waals surface area contributed by atoms with Gasteiger partial charge in [0.2, 0.25) is 0 Å². The minimum absolute atomic E-state index is 0.143. The van der Waals surface area contributed by atoms with E-state index >= 15 is 0 Å². The Kier molecular flexibility index (Phi) is 8.07. The summed E-state index contributed by atoms with van der Waals surface area (Å²) in [5, 5.41) is 10.2. The van der Waals surface area contributed by atoms with E-state index in [0.29, 0.717) is 13.2 Å². The summed E-state index contributed by atoms with van der Waals surface area (Å²) < 4.78 is 5.84. The number of nitrogens with zero attached hydrogens (tertiary/aromatic N) is 1. The molecule has 0 saturated heterocycles. The van der Waals surface area contributed by atoms with Crippen LogP contribution in [0.2, 0.25) is 0 Å². The number of aryl methyl sites for hydroxylation is 1. The molecule has 132 valence electrons. The number of benzene rings is 1. The lowest BCUT2D eigenvalue weighted by Crippen LogP contribution is -2.36. The zero-order chi connectivity index (χ0) is 17.5. The maximum Gasteiger partial charge on any atom is 0.122 e. The molecule has 0 spiro atoms. The first-order valence-electron chi connectivity index (χ1n) is 8.92. The maximum absolute atomic E-state index is 10.2. The van der Waals surface area contributed by atoms with Gasteiger partial charge in [-0.25, -0.2) is 0 Å². The number of aliphatic hydroxyl groups is 1. The zero-order valence-electron chi connectivity index (χ0n) is 15.9. The number of rotatable bonds is 9. The van der Waals surface area contributed by atoms with Gasteiger partial charge < -0.3 is 14.7 Å². The molecule has 1 unspecified atom stereocenters. The third-order valence-corrected chi connectivity index (χ3v) is 4.22. The van der Waals surface area contributed by atoms with Gasteiger partial charge in [0, 0.05) is 6.54 Å². The van der Waals surface area contributed by atoms with Crippen LogP contribution in [-0.4, -0.2) is 42.4 Å². The Morgan fingerprint density at radius 3 is 2.43 bits per heavy atom. The van der Waals surface area contributed by atoms with E-state index < -0.39 is 6.10 Å². The van der Waals surface area contributed by atoms with Crippen LogP contribution in [0.1, 0.15) is 58.6 Å². The Morgan fingerprint density at radius 1 is 1.22 bits per heavy atom. The van der Waals surface area contributed by atoms with Crippen LogP contribution >= 0.6 is 0 Å². The van der Waals surface area contributed by atoms with Crippen molar-refractivity contribution in [2.24, 2.45) is 0 Å². The van der Waals surface area contributed by atoms with Crippen molar-refractivity contribution in [3.05, 3.63) is 29.3 Å². The lowest BCUT2D eigenvalue weighted by molar-refractivity contribution is 0.0692. The van der Waals surface area contributed by atoms with Crippen molar-refractivity contribution in [1.82, 2.24) is 4.90 Å². The van der Waals surface area contributed by atoms with Crippen molar-refractivity contribution >= 4 is 0 Å². The highest BCUT2D eigenvalue weighted by molar-refractivity contribution is 5.38. The molecule has 0 amide bonds. The molecule has 3 nitrogen and oxygen atoms in total. The highest BCUT2D eigenvalue weighted by Gasteiger charge is 2.16. The number of hydrogen-bond donors (Lipinski definition) is 1. The van der Waals surface area contributed by atoms with E-state index in [2.05, 4.69) is 58.6 Å². The van der Waals surface area contributed by atoms with E-state index in [-0.39, 0.29) is 5.41 Å². The third-order valence-electron chi connectivity index (χ3n) is 4.22. The molecule has 0 aliphatic heterocycles. The fourth-order valence-electron chi connectivity index (χ4n) is 2.57. The average Bonchev–Trinajstić information content (AvgIpc) is 2.49. The molecule has 0 aromatic heterocycles. The highest BCUT2D eigenvalue weighted by Crippen LogP contribution is 2.27. The molecule has 0 saturated carbocycles. The van der Waals surface area contributed by atoms with Crippen LogP contribution < -0.4 is 4.74 Å². The zero-order valence-corrected chi connectivity index (χ0v) is 15.9. The van der Waals surface area contributed by atoms with Crippen molar-refractivity contribution in [3.63, 3.8) is 0 Å². The first-order valence-corrected chi connectivity index (χ1v) is 8.92. The summed E-state index contributed by atoms with van der Waals surface area (Å²) in [7, 11) is 0. The van der Waals surface area contributed by atoms with Gasteiger partial charge in [-0.2, -0.15) is 0 Å². The van der Waals surface area contributed by atoms with E-state index in [4.69, 9.17) is 4.74 Å². The summed E-state index contributed by atoms with van der Waals surface area (Å²) in [6, 6.07) is 6.33. The molecule has 3 heteroatoms. The summed E-state index contributed by atoms with van der Waals surface area (Å²) in [5.74, 6) is 0.869. The van der Waals surface area contributed by atoms with Gasteiger partial charge in [-0.3, -0.25) is 0 Å². The van der Waals surface area contributed by atoms with Gasteiger partial charge in [-0.1, -0.05) is 53.2 Å². The quantitative estimate of drug-likeness (QED) is 0.741. The van der Waals surface area contributed by atoms with Crippen LogP contribution in [0.4, 0.5) is 0 Å². The lowest BCUT2D eigenvalue weighted by Gasteiger charge is -2.24. The first kappa shape index (κ1) is 20.0. The third kappa shape index (κ3) is 6.92. The lowest BCUT2D eigenvalue weighted by atomic mass is 9.86. The predicted octanol–water partition coefficient (Wildman–Crippen LogP) is 4.15. The summed E-state index contributed by atoms with van der Waals surface area (Å²) in [6.45, 7) is 16.1. The van der Waals surface area contributed by atoms with Gasteiger partial charge in [0.25, 0.3) is 0 Å². The fraction of sp³-hybridized carbons (Fsp3) is 0.700. The number of likely N-dealkylation sites (N-methyl/N-ethyl adjacent to an activating group) is 1. The SMILES string of the molecule is CCCCN(CC)CC(O)COc1ccc(C(C)(C)C)cc1C. The van der Waals surface area contributed by atoms with Crippen molar-refractivity contribution < 1.29 is 9.84 Å². The normalized spacial score (nSPS) is 13.4. The van der Waals surface area contributed by atoms with Crippen LogP contribution in [0.15, 0.2) is 18.2 Å². The molecule has 1 atom stereocenters. The Balaban J connectivity index is 2.54. The number of hydrogen-bond acceptors (Lipinski definition) is 3. The smallest absolute Gasteiger partial charge is 0.122 e. The molecule has 23 heavy (non-hydrogen) atoms. The van der Waals surface area contributed by atoms with Crippen LogP contribution in [0.5, 0.6) is 5.75 Å². The average molecular weight is 322 g/mol. The Bertz CT molecular complexity index is 465. The summed E-state index contributed by atoms with van der Waals surface area (Å²) >= 11 is 0. The van der Waals surface area contributed by atoms with Crippen LogP contribution in [-0.2, 0) is 5.41 Å². The van der Waals surface area contributed by atoms with E-state index in [1.807, 2.05) is 6.07 Å². The van der Waals surface area contributed by atoms with Crippen LogP contribution in [0.25, 0.3) is 0 Å². The van der Waals surface area contributed by atoms with E-state index in [0.717, 1.165) is 24.4 Å². The summed E-state index contributed by atoms with van der Waals surface area (Å²) in [5.41, 5.74) is 2.58. The van der Waals surface area contributed by atoms with Gasteiger partial charge in [0.1, 0.15) is 18.5 Å². The monoisotopic (exact) mass is 321 g/mol. The van der Waals surface area contributed by atoms with E-state index in [9.17, 15) is 5.11 Å². The molecule has 1 rings (SSSR count). The molecule has 1 aromatic rings. The standard InChI is InChI=1S/C20H35NO2/c1-7-9-12-21(8-2)14-18(22)15-23-19-11-10-17(13-16(19)3)20(4,5)6/h10-11,13,18,22H,7-9,12,14-15H2,1-6H3. The first-order chi connectivity index (χ1) is 10.8. The molecule has 0 aliphatic carbocycles. The molecule has 0 heterocycles. The second kappa shape index (κ2) is 9.29. The van der Waals surface area contributed by atoms with Gasteiger partial charge in [0.15, 0.2) is 0 Å². The predicted molar refractivity (Wildman–Crippen MR) is 98.4 cm³/mol. The number of ether oxygens (including phenoxy) is 1. The minimum atomic E-state index is -0.450. The molecular weight excluding hydrogens is 286 g/mol. The van der Waals surface area contributed by atoms with Gasteiger partial charge in [-0.05, 0) is 49.0 Å². The second-order valence-corrected chi connectivity index (χ2v) is 7.44. The molecule has 0 aliphatic rings. The van der Waals surface area contributed by atoms with Crippen molar-refractivity contribution in [2.75, 3.05) is 26.2 Å². The second-order valence-electron chi connectivity index (χ2n) is 7.44. The fourth-order valence-corrected chi connectivity index (χ4v) is 2.57. The molecule has 1 aromatic carbocycles. The van der Waals surface area contributed by atoms with Gasteiger partial charge in [0.05, 0.1) is 0 Å². The van der Waals surface area contributed by atoms with Crippen molar-refractivity contribution in [2.45, 2.75) is 65.9 Å². The van der Waals surface area contributed by atoms with E-state index in [1.165, 1.54) is 18.4 Å². The Labute approximate surface area is 142 Å². The minimum Gasteiger partial charge on any atom is -0.491 e. The highest BCUT2D eigenvalue weighted by atomic mass is 16.5. The largest absolute Gasteiger partial charge is 0.491 e. The topological polar surface area (TPSA) is 32.7 Å². The molecule has 0 fully saturated rings. The molecule has 0 bridgehead atoms. The van der Waals surface area contributed by atoms with Gasteiger partial charge in [-0.15, -0.1) is 0 Å². The van der Waals surface area contributed by atoms with Crippen LogP contribution in [0.3, 0.4) is 0 Å². The molecule has 0 radical (unpaired) electrons.